The summed E-state index contributed by atoms with van der Waals surface area (Å²) >= 11 is 1.70. The van der Waals surface area contributed by atoms with Crippen molar-refractivity contribution in [2.75, 3.05) is 25.2 Å². The molecule has 1 aromatic carbocycles. The Labute approximate surface area is 161 Å². The molecule has 144 valence electrons. The first kappa shape index (κ1) is 19.4. The van der Waals surface area contributed by atoms with Crippen LogP contribution >= 0.6 is 11.8 Å². The van der Waals surface area contributed by atoms with E-state index in [0.717, 1.165) is 17.1 Å². The van der Waals surface area contributed by atoms with Crippen molar-refractivity contribution >= 4 is 22.9 Å². The molecule has 0 aliphatic carbocycles. The number of fused-ring (bicyclic) bond motifs is 1. The number of H-pyrrole nitrogens is 1. The van der Waals surface area contributed by atoms with Crippen molar-refractivity contribution < 1.29 is 4.74 Å². The number of aromatic nitrogens is 4. The summed E-state index contributed by atoms with van der Waals surface area (Å²) in [4.78, 5) is 33.6. The quantitative estimate of drug-likeness (QED) is 0.569. The molecular formula is C19H24N4O3S. The van der Waals surface area contributed by atoms with E-state index in [9.17, 15) is 9.59 Å². The third-order valence-electron chi connectivity index (χ3n) is 4.30. The molecule has 27 heavy (non-hydrogen) atoms. The molecule has 0 saturated heterocycles. The molecule has 1 N–H and O–H groups in total. The van der Waals surface area contributed by atoms with Crippen LogP contribution in [0, 0.1) is 0 Å². The molecule has 0 bridgehead atoms. The van der Waals surface area contributed by atoms with Gasteiger partial charge in [-0.25, -0.2) is 9.78 Å². The summed E-state index contributed by atoms with van der Waals surface area (Å²) in [6, 6.07) is 9.58. The van der Waals surface area contributed by atoms with E-state index in [1.165, 1.54) is 4.57 Å². The van der Waals surface area contributed by atoms with E-state index in [0.29, 0.717) is 43.1 Å². The van der Waals surface area contributed by atoms with Crippen LogP contribution in [0.3, 0.4) is 0 Å². The van der Waals surface area contributed by atoms with Crippen molar-refractivity contribution in [2.45, 2.75) is 26.4 Å². The number of methoxy groups -OCH3 is 1. The first-order chi connectivity index (χ1) is 13.2. The fourth-order valence-corrected chi connectivity index (χ4v) is 3.57. The summed E-state index contributed by atoms with van der Waals surface area (Å²) in [5.74, 6) is 2.25. The van der Waals surface area contributed by atoms with Gasteiger partial charge in [0.1, 0.15) is 11.3 Å². The number of aryl methyl sites for hydroxylation is 1. The Morgan fingerprint density at radius 3 is 2.63 bits per heavy atom. The predicted octanol–water partition coefficient (Wildman–Crippen LogP) is 2.34. The van der Waals surface area contributed by atoms with E-state index in [1.54, 1.807) is 23.4 Å². The maximum Gasteiger partial charge on any atom is 0.332 e. The zero-order valence-electron chi connectivity index (χ0n) is 15.6. The second-order valence-corrected chi connectivity index (χ2v) is 7.48. The fraction of sp³-hybridized carbons (Fsp3) is 0.421. The van der Waals surface area contributed by atoms with Gasteiger partial charge in [-0.15, -0.1) is 0 Å². The van der Waals surface area contributed by atoms with Gasteiger partial charge in [0.2, 0.25) is 0 Å². The maximum atomic E-state index is 13.0. The first-order valence-electron chi connectivity index (χ1n) is 9.02. The number of nitrogens with zero attached hydrogens (tertiary/aromatic N) is 3. The molecule has 0 unspecified atom stereocenters. The van der Waals surface area contributed by atoms with E-state index in [4.69, 9.17) is 4.74 Å². The minimum atomic E-state index is -0.315. The van der Waals surface area contributed by atoms with Crippen LogP contribution < -0.4 is 11.2 Å². The summed E-state index contributed by atoms with van der Waals surface area (Å²) < 4.78 is 8.00. The monoisotopic (exact) mass is 388 g/mol. The number of hydrogen-bond acceptors (Lipinski definition) is 5. The Bertz CT molecular complexity index is 1010. The molecule has 8 heteroatoms. The highest BCUT2D eigenvalue weighted by Crippen LogP contribution is 2.18. The highest BCUT2D eigenvalue weighted by molar-refractivity contribution is 7.99. The minimum absolute atomic E-state index is 0.314. The van der Waals surface area contributed by atoms with Crippen LogP contribution in [0.2, 0.25) is 0 Å². The van der Waals surface area contributed by atoms with Gasteiger partial charge in [0.05, 0.1) is 0 Å². The number of hydrogen-bond donors (Lipinski definition) is 1. The molecule has 0 saturated carbocycles. The maximum absolute atomic E-state index is 13.0. The van der Waals surface area contributed by atoms with Gasteiger partial charge in [0.15, 0.2) is 5.65 Å². The van der Waals surface area contributed by atoms with Crippen LogP contribution in [-0.2, 0) is 17.8 Å². The standard InChI is InChI=1S/C19H24N4O3S/c1-3-27-13-11-23-18(24)15-17(22(19(23)25)10-7-12-26-2)21-16(20-15)14-8-5-4-6-9-14/h4-6,8-9H,3,7,10-13H2,1-2H3,(H,20,21). The Morgan fingerprint density at radius 2 is 1.93 bits per heavy atom. The molecule has 0 atom stereocenters. The van der Waals surface area contributed by atoms with Crippen molar-refractivity contribution in [3.63, 3.8) is 0 Å². The van der Waals surface area contributed by atoms with Crippen LogP contribution in [0.4, 0.5) is 0 Å². The zero-order chi connectivity index (χ0) is 19.2. The van der Waals surface area contributed by atoms with Gasteiger partial charge in [-0.1, -0.05) is 37.3 Å². The number of benzene rings is 1. The molecule has 0 amide bonds. The Kier molecular flexibility index (Phi) is 6.52. The van der Waals surface area contributed by atoms with Crippen LogP contribution in [0.1, 0.15) is 13.3 Å². The Balaban J connectivity index is 2.13. The number of thioether (sulfide) groups is 1. The predicted molar refractivity (Wildman–Crippen MR) is 110 cm³/mol. The van der Waals surface area contributed by atoms with Gasteiger partial charge >= 0.3 is 5.69 Å². The van der Waals surface area contributed by atoms with Crippen LogP contribution in [0.5, 0.6) is 0 Å². The Morgan fingerprint density at radius 1 is 1.15 bits per heavy atom. The van der Waals surface area contributed by atoms with Crippen molar-refractivity contribution in [1.82, 2.24) is 19.1 Å². The number of nitrogens with one attached hydrogen (secondary N) is 1. The summed E-state index contributed by atoms with van der Waals surface area (Å²) in [6.45, 7) is 3.43. The highest BCUT2D eigenvalue weighted by atomic mass is 32.2. The average Bonchev–Trinajstić information content (AvgIpc) is 3.13. The zero-order valence-corrected chi connectivity index (χ0v) is 16.4. The van der Waals surface area contributed by atoms with Crippen molar-refractivity contribution in [2.24, 2.45) is 0 Å². The molecule has 7 nitrogen and oxygen atoms in total. The summed E-state index contributed by atoms with van der Waals surface area (Å²) in [5, 5.41) is 0. The van der Waals surface area contributed by atoms with E-state index in [1.807, 2.05) is 30.3 Å². The number of imidazole rings is 1. The smallest absolute Gasteiger partial charge is 0.332 e. The van der Waals surface area contributed by atoms with Crippen molar-refractivity contribution in [3.05, 3.63) is 51.2 Å². The van der Waals surface area contributed by atoms with Gasteiger partial charge in [-0.05, 0) is 12.2 Å². The molecule has 0 spiro atoms. The number of aromatic amines is 1. The Hall–Kier alpha value is -2.32. The van der Waals surface area contributed by atoms with Crippen LogP contribution in [0.15, 0.2) is 39.9 Å². The fourth-order valence-electron chi connectivity index (χ4n) is 2.97. The molecule has 0 aliphatic rings. The second-order valence-electron chi connectivity index (χ2n) is 6.08. The summed E-state index contributed by atoms with van der Waals surface area (Å²) in [5.41, 5.74) is 1.01. The molecular weight excluding hydrogens is 364 g/mol. The summed E-state index contributed by atoms with van der Waals surface area (Å²) in [7, 11) is 1.63. The van der Waals surface area contributed by atoms with Gasteiger partial charge in [0, 0.05) is 38.1 Å². The van der Waals surface area contributed by atoms with E-state index >= 15 is 0 Å². The van der Waals surface area contributed by atoms with E-state index in [-0.39, 0.29) is 11.2 Å². The number of ether oxygens (including phenoxy) is 1. The second kappa shape index (κ2) is 9.05. The molecule has 0 aliphatic heterocycles. The van der Waals surface area contributed by atoms with Crippen molar-refractivity contribution in [3.8, 4) is 11.4 Å². The SMILES string of the molecule is CCSCCn1c(=O)c2[nH]c(-c3ccccc3)nc2n(CCCOC)c1=O. The summed E-state index contributed by atoms with van der Waals surface area (Å²) in [6.07, 6.45) is 0.668. The van der Waals surface area contributed by atoms with Gasteiger partial charge in [-0.3, -0.25) is 13.9 Å². The largest absolute Gasteiger partial charge is 0.385 e. The lowest BCUT2D eigenvalue weighted by molar-refractivity contribution is 0.190. The first-order valence-corrected chi connectivity index (χ1v) is 10.2. The molecule has 0 fully saturated rings. The lowest BCUT2D eigenvalue weighted by Crippen LogP contribution is -2.40. The topological polar surface area (TPSA) is 81.9 Å². The van der Waals surface area contributed by atoms with Crippen molar-refractivity contribution in [1.29, 1.82) is 0 Å². The molecule has 3 aromatic rings. The average molecular weight is 388 g/mol. The normalized spacial score (nSPS) is 11.3. The lowest BCUT2D eigenvalue weighted by atomic mass is 10.2. The lowest BCUT2D eigenvalue weighted by Gasteiger charge is -2.10. The van der Waals surface area contributed by atoms with Crippen LogP contribution in [0.25, 0.3) is 22.6 Å². The molecule has 3 rings (SSSR count). The molecule has 0 radical (unpaired) electrons. The molecule has 2 heterocycles. The third-order valence-corrected chi connectivity index (χ3v) is 5.18. The van der Waals surface area contributed by atoms with Crippen LogP contribution in [-0.4, -0.2) is 44.3 Å². The van der Waals surface area contributed by atoms with Gasteiger partial charge in [0.25, 0.3) is 5.56 Å². The number of rotatable bonds is 9. The van der Waals surface area contributed by atoms with E-state index in [2.05, 4.69) is 16.9 Å². The van der Waals surface area contributed by atoms with Gasteiger partial charge in [-0.2, -0.15) is 11.8 Å². The highest BCUT2D eigenvalue weighted by Gasteiger charge is 2.17. The minimum Gasteiger partial charge on any atom is -0.385 e. The third kappa shape index (κ3) is 4.17. The molecule has 2 aromatic heterocycles. The van der Waals surface area contributed by atoms with Gasteiger partial charge < -0.3 is 9.72 Å². The van der Waals surface area contributed by atoms with E-state index < -0.39 is 0 Å².